The molecule has 2 aliphatic rings. The van der Waals surface area contributed by atoms with Crippen LogP contribution in [0.1, 0.15) is 58.3 Å². The van der Waals surface area contributed by atoms with E-state index in [1.807, 2.05) is 6.92 Å². The van der Waals surface area contributed by atoms with Gasteiger partial charge in [-0.1, -0.05) is 19.8 Å². The van der Waals surface area contributed by atoms with Crippen molar-refractivity contribution in [3.8, 4) is 0 Å². The predicted molar refractivity (Wildman–Crippen MR) is 63.0 cm³/mol. The SMILES string of the molecule is CCCCC1(C(F)(F)F)CC(C2CC2)CCC1F. The minimum atomic E-state index is -4.39. The largest absolute Gasteiger partial charge is 0.397 e. The van der Waals surface area contributed by atoms with Gasteiger partial charge in [0, 0.05) is 0 Å². The van der Waals surface area contributed by atoms with E-state index in [0.29, 0.717) is 25.2 Å². The molecule has 3 atom stereocenters. The highest BCUT2D eigenvalue weighted by atomic mass is 19.4. The molecule has 0 amide bonds. The highest BCUT2D eigenvalue weighted by molar-refractivity contribution is 5.00. The fraction of sp³-hybridized carbons (Fsp3) is 1.00. The molecule has 0 heterocycles. The third kappa shape index (κ3) is 2.53. The first-order chi connectivity index (χ1) is 8.40. The van der Waals surface area contributed by atoms with E-state index in [-0.39, 0.29) is 25.2 Å². The van der Waals surface area contributed by atoms with Crippen molar-refractivity contribution in [3.05, 3.63) is 0 Å². The molecule has 4 heteroatoms. The lowest BCUT2D eigenvalue weighted by Gasteiger charge is -2.45. The van der Waals surface area contributed by atoms with Crippen molar-refractivity contribution in [3.63, 3.8) is 0 Å². The Morgan fingerprint density at radius 3 is 2.17 bits per heavy atom. The molecule has 0 aromatic rings. The molecule has 106 valence electrons. The van der Waals surface area contributed by atoms with E-state index in [1.165, 1.54) is 0 Å². The van der Waals surface area contributed by atoms with Crippen molar-refractivity contribution in [2.75, 3.05) is 0 Å². The van der Waals surface area contributed by atoms with Gasteiger partial charge >= 0.3 is 6.18 Å². The highest BCUT2D eigenvalue weighted by Crippen LogP contribution is 2.58. The molecule has 0 N–H and O–H groups in total. The lowest BCUT2D eigenvalue weighted by molar-refractivity contribution is -0.263. The Morgan fingerprint density at radius 1 is 1.06 bits per heavy atom. The zero-order valence-corrected chi connectivity index (χ0v) is 10.9. The topological polar surface area (TPSA) is 0 Å². The van der Waals surface area contributed by atoms with Gasteiger partial charge in [-0.3, -0.25) is 0 Å². The van der Waals surface area contributed by atoms with Gasteiger partial charge in [0.15, 0.2) is 0 Å². The van der Waals surface area contributed by atoms with Gasteiger partial charge in [0.2, 0.25) is 0 Å². The second kappa shape index (κ2) is 5.01. The van der Waals surface area contributed by atoms with Gasteiger partial charge < -0.3 is 0 Å². The number of alkyl halides is 4. The number of hydrogen-bond acceptors (Lipinski definition) is 0. The Labute approximate surface area is 106 Å². The first-order valence-electron chi connectivity index (χ1n) is 7.11. The quantitative estimate of drug-likeness (QED) is 0.608. The Kier molecular flexibility index (Phi) is 3.93. The second-order valence-corrected chi connectivity index (χ2v) is 6.10. The Balaban J connectivity index is 2.17. The summed E-state index contributed by atoms with van der Waals surface area (Å²) in [5.74, 6) is 0.552. The molecule has 0 nitrogen and oxygen atoms in total. The standard InChI is InChI=1S/C14H22F4/c1-2-3-8-13(14(16,17)18)9-11(10-4-5-10)6-7-12(13)15/h10-12H,2-9H2,1H3. The van der Waals surface area contributed by atoms with Crippen molar-refractivity contribution in [2.24, 2.45) is 17.3 Å². The summed E-state index contributed by atoms with van der Waals surface area (Å²) in [5, 5.41) is 0. The normalized spacial score (nSPS) is 37.8. The summed E-state index contributed by atoms with van der Waals surface area (Å²) in [6.45, 7) is 1.86. The van der Waals surface area contributed by atoms with Crippen molar-refractivity contribution in [1.29, 1.82) is 0 Å². The van der Waals surface area contributed by atoms with Crippen LogP contribution in [0.3, 0.4) is 0 Å². The summed E-state index contributed by atoms with van der Waals surface area (Å²) in [5.41, 5.74) is -2.05. The maximum atomic E-state index is 14.1. The smallest absolute Gasteiger partial charge is 0.247 e. The van der Waals surface area contributed by atoms with Crippen LogP contribution >= 0.6 is 0 Å². The van der Waals surface area contributed by atoms with E-state index in [1.54, 1.807) is 0 Å². The number of halogens is 4. The van der Waals surface area contributed by atoms with E-state index in [9.17, 15) is 17.6 Å². The fourth-order valence-corrected chi connectivity index (χ4v) is 3.49. The van der Waals surface area contributed by atoms with Gasteiger partial charge in [-0.25, -0.2) is 4.39 Å². The van der Waals surface area contributed by atoms with Gasteiger partial charge in [0.25, 0.3) is 0 Å². The van der Waals surface area contributed by atoms with E-state index in [2.05, 4.69) is 0 Å². The Hall–Kier alpha value is -0.280. The Bertz CT molecular complexity index is 282. The summed E-state index contributed by atoms with van der Waals surface area (Å²) in [7, 11) is 0. The second-order valence-electron chi connectivity index (χ2n) is 6.10. The van der Waals surface area contributed by atoms with Crippen LogP contribution in [-0.2, 0) is 0 Å². The van der Waals surface area contributed by atoms with E-state index < -0.39 is 17.8 Å². The van der Waals surface area contributed by atoms with Crippen LogP contribution in [0, 0.1) is 17.3 Å². The summed E-state index contributed by atoms with van der Waals surface area (Å²) >= 11 is 0. The molecule has 0 aromatic carbocycles. The molecule has 0 aliphatic heterocycles. The first kappa shape index (κ1) is 14.1. The molecule has 18 heavy (non-hydrogen) atoms. The van der Waals surface area contributed by atoms with Crippen molar-refractivity contribution < 1.29 is 17.6 Å². The van der Waals surface area contributed by atoms with Crippen LogP contribution in [-0.4, -0.2) is 12.3 Å². The van der Waals surface area contributed by atoms with Crippen LogP contribution in [0.4, 0.5) is 17.6 Å². The molecule has 2 fully saturated rings. The van der Waals surface area contributed by atoms with Crippen LogP contribution in [0.15, 0.2) is 0 Å². The minimum absolute atomic E-state index is 0.0301. The summed E-state index contributed by atoms with van der Waals surface area (Å²) < 4.78 is 54.2. The zero-order valence-electron chi connectivity index (χ0n) is 10.9. The molecule has 0 saturated heterocycles. The summed E-state index contributed by atoms with van der Waals surface area (Å²) in [6, 6.07) is 0. The number of hydrogen-bond donors (Lipinski definition) is 0. The Morgan fingerprint density at radius 2 is 1.67 bits per heavy atom. The predicted octanol–water partition coefficient (Wildman–Crippen LogP) is 5.27. The molecule has 0 spiro atoms. The molecule has 0 aromatic heterocycles. The van der Waals surface area contributed by atoms with E-state index in [0.717, 1.165) is 12.8 Å². The molecule has 2 aliphatic carbocycles. The zero-order chi connectivity index (χ0) is 13.4. The maximum Gasteiger partial charge on any atom is 0.397 e. The average Bonchev–Trinajstić information content (AvgIpc) is 3.10. The van der Waals surface area contributed by atoms with Gasteiger partial charge in [-0.2, -0.15) is 13.2 Å². The summed E-state index contributed by atoms with van der Waals surface area (Å²) in [4.78, 5) is 0. The first-order valence-corrected chi connectivity index (χ1v) is 7.11. The maximum absolute atomic E-state index is 14.1. The van der Waals surface area contributed by atoms with Crippen LogP contribution in [0.5, 0.6) is 0 Å². The lowest BCUT2D eigenvalue weighted by Crippen LogP contribution is -2.50. The summed E-state index contributed by atoms with van der Waals surface area (Å²) in [6.07, 6.45) is -2.09. The third-order valence-corrected chi connectivity index (χ3v) is 4.85. The van der Waals surface area contributed by atoms with Crippen molar-refractivity contribution in [1.82, 2.24) is 0 Å². The number of unbranched alkanes of at least 4 members (excludes halogenated alkanes) is 1. The highest BCUT2D eigenvalue weighted by Gasteiger charge is 2.62. The monoisotopic (exact) mass is 266 g/mol. The lowest BCUT2D eigenvalue weighted by atomic mass is 9.64. The minimum Gasteiger partial charge on any atom is -0.247 e. The van der Waals surface area contributed by atoms with Gasteiger partial charge in [0.05, 0.1) is 5.41 Å². The van der Waals surface area contributed by atoms with Crippen LogP contribution in [0.2, 0.25) is 0 Å². The molecule has 2 rings (SSSR count). The molecule has 3 unspecified atom stereocenters. The molecule has 0 bridgehead atoms. The van der Waals surface area contributed by atoms with Crippen molar-refractivity contribution in [2.45, 2.75) is 70.6 Å². The van der Waals surface area contributed by atoms with Gasteiger partial charge in [-0.05, 0) is 50.4 Å². The van der Waals surface area contributed by atoms with Crippen LogP contribution < -0.4 is 0 Å². The third-order valence-electron chi connectivity index (χ3n) is 4.85. The van der Waals surface area contributed by atoms with Gasteiger partial charge in [0.1, 0.15) is 6.17 Å². The number of rotatable bonds is 4. The molecular weight excluding hydrogens is 244 g/mol. The van der Waals surface area contributed by atoms with E-state index in [4.69, 9.17) is 0 Å². The molecular formula is C14H22F4. The van der Waals surface area contributed by atoms with Gasteiger partial charge in [-0.15, -0.1) is 0 Å². The van der Waals surface area contributed by atoms with Crippen molar-refractivity contribution >= 4 is 0 Å². The van der Waals surface area contributed by atoms with E-state index >= 15 is 0 Å². The average molecular weight is 266 g/mol. The van der Waals surface area contributed by atoms with Crippen LogP contribution in [0.25, 0.3) is 0 Å². The molecule has 2 saturated carbocycles. The fourth-order valence-electron chi connectivity index (χ4n) is 3.49. The molecule has 0 radical (unpaired) electrons.